The zero-order valence-electron chi connectivity index (χ0n) is 11.8. The van der Waals surface area contributed by atoms with E-state index in [-0.39, 0.29) is 19.0 Å². The highest BCUT2D eigenvalue weighted by atomic mass is 16.4. The van der Waals surface area contributed by atoms with Crippen LogP contribution in [0, 0.1) is 5.92 Å². The van der Waals surface area contributed by atoms with Crippen LogP contribution < -0.4 is 5.32 Å². The molecule has 0 aliphatic carbocycles. The number of hydrogen-bond donors (Lipinski definition) is 3. The summed E-state index contributed by atoms with van der Waals surface area (Å²) in [6, 6.07) is -1.30. The number of urea groups is 1. The fourth-order valence-electron chi connectivity index (χ4n) is 2.97. The van der Waals surface area contributed by atoms with Crippen LogP contribution in [0.5, 0.6) is 0 Å². The Bertz CT molecular complexity index is 377. The lowest BCUT2D eigenvalue weighted by Gasteiger charge is -2.22. The van der Waals surface area contributed by atoms with Crippen LogP contribution in [-0.4, -0.2) is 76.9 Å². The predicted molar refractivity (Wildman–Crippen MR) is 72.4 cm³/mol. The van der Waals surface area contributed by atoms with Crippen molar-refractivity contribution in [1.29, 1.82) is 0 Å². The first kappa shape index (κ1) is 15.1. The summed E-state index contributed by atoms with van der Waals surface area (Å²) in [5.41, 5.74) is 0. The third-order valence-electron chi connectivity index (χ3n) is 4.18. The lowest BCUT2D eigenvalue weighted by Crippen LogP contribution is -2.47. The number of rotatable bonds is 4. The predicted octanol–water partition coefficient (Wildman–Crippen LogP) is -0.442. The highest BCUT2D eigenvalue weighted by Crippen LogP contribution is 2.19. The molecule has 2 aliphatic rings. The maximum absolute atomic E-state index is 12.0. The molecule has 114 valence electrons. The van der Waals surface area contributed by atoms with Crippen LogP contribution in [0.3, 0.4) is 0 Å². The van der Waals surface area contributed by atoms with Gasteiger partial charge in [-0.05, 0) is 25.4 Å². The third kappa shape index (κ3) is 3.40. The number of aliphatic carboxylic acids is 1. The van der Waals surface area contributed by atoms with Gasteiger partial charge in [0.2, 0.25) is 0 Å². The molecule has 0 aromatic rings. The van der Waals surface area contributed by atoms with Crippen LogP contribution in [0.25, 0.3) is 0 Å². The molecular formula is C13H23N3O4. The van der Waals surface area contributed by atoms with Gasteiger partial charge in [-0.15, -0.1) is 0 Å². The van der Waals surface area contributed by atoms with Crippen LogP contribution in [-0.2, 0) is 4.79 Å². The molecule has 0 aromatic heterocycles. The highest BCUT2D eigenvalue weighted by Gasteiger charge is 2.39. The minimum Gasteiger partial charge on any atom is -0.480 e. The molecule has 2 fully saturated rings. The zero-order valence-corrected chi connectivity index (χ0v) is 11.8. The van der Waals surface area contributed by atoms with Gasteiger partial charge >= 0.3 is 12.0 Å². The molecule has 20 heavy (non-hydrogen) atoms. The van der Waals surface area contributed by atoms with Crippen molar-refractivity contribution in [1.82, 2.24) is 15.1 Å². The van der Waals surface area contributed by atoms with Crippen molar-refractivity contribution in [3.05, 3.63) is 0 Å². The molecule has 7 nitrogen and oxygen atoms in total. The molecule has 7 heteroatoms. The molecule has 2 heterocycles. The summed E-state index contributed by atoms with van der Waals surface area (Å²) >= 11 is 0. The molecule has 0 aromatic carbocycles. The maximum Gasteiger partial charge on any atom is 0.326 e. The van der Waals surface area contributed by atoms with Crippen LogP contribution in [0.2, 0.25) is 0 Å². The van der Waals surface area contributed by atoms with Crippen molar-refractivity contribution in [3.63, 3.8) is 0 Å². The van der Waals surface area contributed by atoms with Crippen molar-refractivity contribution in [2.75, 3.05) is 32.7 Å². The van der Waals surface area contributed by atoms with Crippen molar-refractivity contribution in [2.45, 2.75) is 31.9 Å². The molecule has 2 rings (SSSR count). The fraction of sp³-hybridized carbons (Fsp3) is 0.846. The lowest BCUT2D eigenvalue weighted by molar-refractivity contribution is -0.141. The Morgan fingerprint density at radius 3 is 2.70 bits per heavy atom. The van der Waals surface area contributed by atoms with E-state index in [1.54, 1.807) is 0 Å². The van der Waals surface area contributed by atoms with Crippen LogP contribution >= 0.6 is 0 Å². The number of nitrogens with one attached hydrogen (secondary N) is 1. The van der Waals surface area contributed by atoms with Crippen molar-refractivity contribution >= 4 is 12.0 Å². The third-order valence-corrected chi connectivity index (χ3v) is 4.18. The highest BCUT2D eigenvalue weighted by molar-refractivity contribution is 5.83. The quantitative estimate of drug-likeness (QED) is 0.651. The number of likely N-dealkylation sites (tertiary alicyclic amines) is 2. The van der Waals surface area contributed by atoms with Gasteiger partial charge in [-0.3, -0.25) is 0 Å². The molecule has 0 radical (unpaired) electrons. The van der Waals surface area contributed by atoms with E-state index >= 15 is 0 Å². The van der Waals surface area contributed by atoms with Gasteiger partial charge < -0.3 is 25.3 Å². The van der Waals surface area contributed by atoms with E-state index in [0.717, 1.165) is 26.1 Å². The summed E-state index contributed by atoms with van der Waals surface area (Å²) in [6.45, 7) is 5.82. The molecule has 2 amide bonds. The SMILES string of the molecule is CCN1CCC(CNC(=O)N2C[C@H](O)C[C@@H]2C(=O)O)C1. The minimum absolute atomic E-state index is 0.0918. The number of aliphatic hydroxyl groups excluding tert-OH is 1. The van der Waals surface area contributed by atoms with Crippen molar-refractivity contribution < 1.29 is 19.8 Å². The van der Waals surface area contributed by atoms with E-state index in [1.807, 2.05) is 0 Å². The van der Waals surface area contributed by atoms with Crippen LogP contribution in [0.15, 0.2) is 0 Å². The second-order valence-electron chi connectivity index (χ2n) is 5.63. The molecule has 1 unspecified atom stereocenters. The molecule has 2 aliphatic heterocycles. The summed E-state index contributed by atoms with van der Waals surface area (Å²) in [6.07, 6.45) is 0.415. The van der Waals surface area contributed by atoms with Crippen molar-refractivity contribution in [3.8, 4) is 0 Å². The topological polar surface area (TPSA) is 93.1 Å². The molecule has 2 saturated heterocycles. The van der Waals surface area contributed by atoms with Gasteiger partial charge in [-0.25, -0.2) is 9.59 Å². The number of carboxylic acid groups (broad SMARTS) is 1. The standard InChI is InChI=1S/C13H23N3O4/c1-2-15-4-3-9(7-15)6-14-13(20)16-8-10(17)5-11(16)12(18)19/h9-11,17H,2-8H2,1H3,(H,14,20)(H,18,19)/t9?,10-,11-/m1/s1. The number of aliphatic hydroxyl groups is 1. The summed E-state index contributed by atoms with van der Waals surface area (Å²) in [4.78, 5) is 26.7. The average Bonchev–Trinajstić information content (AvgIpc) is 3.02. The van der Waals surface area contributed by atoms with E-state index in [2.05, 4.69) is 17.1 Å². The Balaban J connectivity index is 1.81. The van der Waals surface area contributed by atoms with Gasteiger partial charge in [0, 0.05) is 26.1 Å². The molecule has 0 spiro atoms. The Labute approximate surface area is 118 Å². The number of carboxylic acids is 1. The Kier molecular flexibility index (Phi) is 4.82. The monoisotopic (exact) mass is 285 g/mol. The summed E-state index contributed by atoms with van der Waals surface area (Å²) in [7, 11) is 0. The van der Waals surface area contributed by atoms with Gasteiger partial charge in [-0.2, -0.15) is 0 Å². The minimum atomic E-state index is -1.06. The number of carbonyl (C=O) groups is 2. The molecule has 0 bridgehead atoms. The summed E-state index contributed by atoms with van der Waals surface area (Å²) in [5, 5.41) is 21.4. The average molecular weight is 285 g/mol. The first-order chi connectivity index (χ1) is 9.51. The summed E-state index contributed by atoms with van der Waals surface area (Å²) in [5.74, 6) is -0.635. The first-order valence-corrected chi connectivity index (χ1v) is 7.19. The Morgan fingerprint density at radius 1 is 1.35 bits per heavy atom. The van der Waals surface area contributed by atoms with Gasteiger partial charge in [0.15, 0.2) is 0 Å². The molecule has 0 saturated carbocycles. The Hall–Kier alpha value is -1.34. The molecule has 3 N–H and O–H groups in total. The molecule has 3 atom stereocenters. The van der Waals surface area contributed by atoms with Gasteiger partial charge in [-0.1, -0.05) is 6.92 Å². The first-order valence-electron chi connectivity index (χ1n) is 7.19. The van der Waals surface area contributed by atoms with E-state index in [9.17, 15) is 14.7 Å². The van der Waals surface area contributed by atoms with E-state index in [1.165, 1.54) is 4.90 Å². The summed E-state index contributed by atoms with van der Waals surface area (Å²) < 4.78 is 0. The fourth-order valence-corrected chi connectivity index (χ4v) is 2.97. The smallest absolute Gasteiger partial charge is 0.326 e. The van der Waals surface area contributed by atoms with Gasteiger partial charge in [0.05, 0.1) is 6.10 Å². The van der Waals surface area contributed by atoms with E-state index < -0.39 is 18.1 Å². The second kappa shape index (κ2) is 6.41. The van der Waals surface area contributed by atoms with Crippen LogP contribution in [0.1, 0.15) is 19.8 Å². The normalized spacial score (nSPS) is 30.7. The number of amides is 2. The van der Waals surface area contributed by atoms with E-state index in [4.69, 9.17) is 5.11 Å². The zero-order chi connectivity index (χ0) is 14.7. The van der Waals surface area contributed by atoms with Crippen LogP contribution in [0.4, 0.5) is 4.79 Å². The maximum atomic E-state index is 12.0. The second-order valence-corrected chi connectivity index (χ2v) is 5.63. The van der Waals surface area contributed by atoms with E-state index in [0.29, 0.717) is 12.5 Å². The van der Waals surface area contributed by atoms with Crippen molar-refractivity contribution in [2.24, 2.45) is 5.92 Å². The lowest BCUT2D eigenvalue weighted by atomic mass is 10.1. The molecular weight excluding hydrogens is 262 g/mol. The van der Waals surface area contributed by atoms with Gasteiger partial charge in [0.1, 0.15) is 6.04 Å². The number of β-amino-alcohol motifs (C(OH)–C–C–N with tert-alkyl or cyclic N) is 1. The largest absolute Gasteiger partial charge is 0.480 e. The number of nitrogens with zero attached hydrogens (tertiary/aromatic N) is 2. The van der Waals surface area contributed by atoms with Gasteiger partial charge in [0.25, 0.3) is 0 Å². The number of hydrogen-bond acceptors (Lipinski definition) is 4. The number of carbonyl (C=O) groups excluding carboxylic acids is 1. The Morgan fingerprint density at radius 2 is 2.10 bits per heavy atom.